The molecule has 1 N–H and O–H groups in total. The lowest BCUT2D eigenvalue weighted by atomic mass is 10.1. The number of aromatic nitrogens is 2. The minimum atomic E-state index is -0.00646. The van der Waals surface area contributed by atoms with Crippen molar-refractivity contribution in [1.29, 1.82) is 0 Å². The van der Waals surface area contributed by atoms with E-state index in [1.807, 2.05) is 16.8 Å². The summed E-state index contributed by atoms with van der Waals surface area (Å²) in [7, 11) is 0. The van der Waals surface area contributed by atoms with Crippen molar-refractivity contribution in [2.75, 3.05) is 5.32 Å². The first-order valence-electron chi connectivity index (χ1n) is 6.00. The summed E-state index contributed by atoms with van der Waals surface area (Å²) in [4.78, 5) is 11.9. The van der Waals surface area contributed by atoms with Crippen LogP contribution in [0.3, 0.4) is 0 Å². The number of rotatable bonds is 3. The van der Waals surface area contributed by atoms with Crippen LogP contribution in [0.1, 0.15) is 25.7 Å². The number of amides is 1. The fraction of sp³-hybridized carbons (Fsp3) is 0.417. The van der Waals surface area contributed by atoms with Gasteiger partial charge in [-0.05, 0) is 24.3 Å². The first kappa shape index (κ1) is 11.4. The smallest absolute Gasteiger partial charge is 0.322 e. The fourth-order valence-corrected chi connectivity index (χ4v) is 2.80. The molecule has 6 heteroatoms. The average molecular weight is 263 g/mol. The molecule has 0 radical (unpaired) electrons. The molecule has 94 valence electrons. The van der Waals surface area contributed by atoms with Crippen molar-refractivity contribution in [3.8, 4) is 11.5 Å². The highest BCUT2D eigenvalue weighted by Crippen LogP contribution is 2.26. The molecular formula is C12H13N3O2S. The third kappa shape index (κ3) is 2.28. The minimum Gasteiger partial charge on any atom is -0.403 e. The van der Waals surface area contributed by atoms with Crippen LogP contribution in [0, 0.1) is 5.92 Å². The summed E-state index contributed by atoms with van der Waals surface area (Å²) >= 11 is 1.56. The number of carbonyl (C=O) groups excluding carboxylic acids is 1. The third-order valence-electron chi connectivity index (χ3n) is 3.15. The van der Waals surface area contributed by atoms with Crippen LogP contribution in [0.4, 0.5) is 6.01 Å². The summed E-state index contributed by atoms with van der Waals surface area (Å²) < 4.78 is 5.41. The quantitative estimate of drug-likeness (QED) is 0.924. The lowest BCUT2D eigenvalue weighted by Crippen LogP contribution is -2.20. The molecule has 0 saturated heterocycles. The van der Waals surface area contributed by atoms with E-state index in [1.54, 1.807) is 11.3 Å². The van der Waals surface area contributed by atoms with Crippen LogP contribution in [0.5, 0.6) is 0 Å². The summed E-state index contributed by atoms with van der Waals surface area (Å²) in [5.41, 5.74) is 0.883. The monoisotopic (exact) mass is 263 g/mol. The van der Waals surface area contributed by atoms with Crippen LogP contribution < -0.4 is 5.32 Å². The maximum atomic E-state index is 11.9. The molecule has 5 nitrogen and oxygen atoms in total. The van der Waals surface area contributed by atoms with Gasteiger partial charge in [0, 0.05) is 16.9 Å². The van der Waals surface area contributed by atoms with Crippen LogP contribution in [-0.4, -0.2) is 16.1 Å². The lowest BCUT2D eigenvalue weighted by Gasteiger charge is -2.06. The summed E-state index contributed by atoms with van der Waals surface area (Å²) in [6.07, 6.45) is 4.17. The Morgan fingerprint density at radius 3 is 2.94 bits per heavy atom. The molecule has 0 aromatic carbocycles. The van der Waals surface area contributed by atoms with Crippen molar-refractivity contribution in [2.45, 2.75) is 25.7 Å². The predicted molar refractivity (Wildman–Crippen MR) is 68.2 cm³/mol. The zero-order chi connectivity index (χ0) is 12.4. The van der Waals surface area contributed by atoms with E-state index in [0.717, 1.165) is 31.2 Å². The molecule has 2 aromatic rings. The molecule has 0 unspecified atom stereocenters. The molecule has 18 heavy (non-hydrogen) atoms. The van der Waals surface area contributed by atoms with Gasteiger partial charge in [0.05, 0.1) is 0 Å². The molecular weight excluding hydrogens is 250 g/mol. The van der Waals surface area contributed by atoms with Crippen LogP contribution in [0.2, 0.25) is 0 Å². The molecule has 1 fully saturated rings. The fourth-order valence-electron chi connectivity index (χ4n) is 2.17. The van der Waals surface area contributed by atoms with Gasteiger partial charge in [-0.3, -0.25) is 10.1 Å². The second-order valence-corrected chi connectivity index (χ2v) is 5.18. The Balaban J connectivity index is 1.68. The average Bonchev–Trinajstić information content (AvgIpc) is 3.12. The van der Waals surface area contributed by atoms with Crippen LogP contribution in [0.25, 0.3) is 11.5 Å². The summed E-state index contributed by atoms with van der Waals surface area (Å²) in [5.74, 6) is 0.535. The van der Waals surface area contributed by atoms with Gasteiger partial charge >= 0.3 is 6.01 Å². The van der Waals surface area contributed by atoms with Crippen molar-refractivity contribution < 1.29 is 9.21 Å². The Morgan fingerprint density at radius 2 is 2.22 bits per heavy atom. The van der Waals surface area contributed by atoms with E-state index < -0.39 is 0 Å². The standard InChI is InChI=1S/C12H13N3O2S/c16-10(8-3-1-2-4-8)13-12-15-14-11(17-12)9-5-6-18-7-9/h5-8H,1-4H2,(H,13,15,16). The van der Waals surface area contributed by atoms with E-state index in [9.17, 15) is 4.79 Å². The Kier molecular flexibility index (Phi) is 3.10. The number of thiophene rings is 1. The maximum absolute atomic E-state index is 11.9. The van der Waals surface area contributed by atoms with E-state index in [1.165, 1.54) is 0 Å². The largest absolute Gasteiger partial charge is 0.403 e. The number of anilines is 1. The van der Waals surface area contributed by atoms with Crippen molar-refractivity contribution in [3.63, 3.8) is 0 Å². The van der Waals surface area contributed by atoms with Gasteiger partial charge in [-0.25, -0.2) is 0 Å². The van der Waals surface area contributed by atoms with Gasteiger partial charge in [0.1, 0.15) is 0 Å². The number of hydrogen-bond donors (Lipinski definition) is 1. The topological polar surface area (TPSA) is 68.0 Å². The number of carbonyl (C=O) groups is 1. The normalized spacial score (nSPS) is 16.0. The van der Waals surface area contributed by atoms with Crippen molar-refractivity contribution in [1.82, 2.24) is 10.2 Å². The van der Waals surface area contributed by atoms with E-state index in [2.05, 4.69) is 15.5 Å². The summed E-state index contributed by atoms with van der Waals surface area (Å²) in [6.45, 7) is 0. The molecule has 2 aromatic heterocycles. The minimum absolute atomic E-state index is 0.00646. The molecule has 0 atom stereocenters. The number of nitrogens with one attached hydrogen (secondary N) is 1. The summed E-state index contributed by atoms with van der Waals surface area (Å²) in [6, 6.07) is 2.09. The Bertz CT molecular complexity index is 529. The van der Waals surface area contributed by atoms with Gasteiger partial charge in [-0.15, -0.1) is 5.10 Å². The molecule has 0 bridgehead atoms. The number of hydrogen-bond acceptors (Lipinski definition) is 5. The van der Waals surface area contributed by atoms with E-state index in [-0.39, 0.29) is 17.8 Å². The van der Waals surface area contributed by atoms with Gasteiger partial charge in [0.25, 0.3) is 5.89 Å². The molecule has 0 aliphatic heterocycles. The first-order valence-corrected chi connectivity index (χ1v) is 6.94. The van der Waals surface area contributed by atoms with Gasteiger partial charge in [-0.1, -0.05) is 17.9 Å². The van der Waals surface area contributed by atoms with Crippen LogP contribution in [-0.2, 0) is 4.79 Å². The van der Waals surface area contributed by atoms with Gasteiger partial charge < -0.3 is 4.42 Å². The third-order valence-corrected chi connectivity index (χ3v) is 3.83. The molecule has 1 saturated carbocycles. The predicted octanol–water partition coefficient (Wildman–Crippen LogP) is 2.93. The first-order chi connectivity index (χ1) is 8.83. The Hall–Kier alpha value is -1.69. The van der Waals surface area contributed by atoms with Gasteiger partial charge in [-0.2, -0.15) is 11.3 Å². The van der Waals surface area contributed by atoms with E-state index >= 15 is 0 Å². The lowest BCUT2D eigenvalue weighted by molar-refractivity contribution is -0.119. The second kappa shape index (κ2) is 4.89. The van der Waals surface area contributed by atoms with E-state index in [0.29, 0.717) is 5.89 Å². The highest BCUT2D eigenvalue weighted by Gasteiger charge is 2.24. The molecule has 1 aliphatic rings. The molecule has 1 amide bonds. The second-order valence-electron chi connectivity index (χ2n) is 4.40. The van der Waals surface area contributed by atoms with Crippen LogP contribution >= 0.6 is 11.3 Å². The highest BCUT2D eigenvalue weighted by molar-refractivity contribution is 7.08. The van der Waals surface area contributed by atoms with E-state index in [4.69, 9.17) is 4.42 Å². The summed E-state index contributed by atoms with van der Waals surface area (Å²) in [5, 5.41) is 14.3. The zero-order valence-corrected chi connectivity index (χ0v) is 10.6. The Labute approximate surface area is 108 Å². The molecule has 0 spiro atoms. The van der Waals surface area contributed by atoms with Gasteiger partial charge in [0.15, 0.2) is 0 Å². The van der Waals surface area contributed by atoms with Crippen molar-refractivity contribution in [3.05, 3.63) is 16.8 Å². The van der Waals surface area contributed by atoms with Gasteiger partial charge in [0.2, 0.25) is 5.91 Å². The SMILES string of the molecule is O=C(Nc1nnc(-c2ccsc2)o1)C1CCCC1. The zero-order valence-electron chi connectivity index (χ0n) is 9.76. The molecule has 1 aliphatic carbocycles. The van der Waals surface area contributed by atoms with Crippen molar-refractivity contribution >= 4 is 23.3 Å². The maximum Gasteiger partial charge on any atom is 0.322 e. The highest BCUT2D eigenvalue weighted by atomic mass is 32.1. The number of nitrogens with zero attached hydrogens (tertiary/aromatic N) is 2. The molecule has 2 heterocycles. The van der Waals surface area contributed by atoms with Crippen LogP contribution in [0.15, 0.2) is 21.2 Å². The van der Waals surface area contributed by atoms with Crippen molar-refractivity contribution in [2.24, 2.45) is 5.92 Å². The molecule has 3 rings (SSSR count). The Morgan fingerprint density at radius 1 is 1.39 bits per heavy atom.